The van der Waals surface area contributed by atoms with Crippen LogP contribution in [0.1, 0.15) is 46.1 Å². The summed E-state index contributed by atoms with van der Waals surface area (Å²) in [5.41, 5.74) is 1.48. The predicted octanol–water partition coefficient (Wildman–Crippen LogP) is 5.30. The number of rotatable bonds is 5. The van der Waals surface area contributed by atoms with Crippen LogP contribution in [0.2, 0.25) is 10.0 Å². The largest absolute Gasteiger partial charge is 0.458 e. The van der Waals surface area contributed by atoms with E-state index in [1.54, 1.807) is 52.8 Å². The van der Waals surface area contributed by atoms with Crippen molar-refractivity contribution in [2.24, 2.45) is 0 Å². The lowest BCUT2D eigenvalue weighted by molar-refractivity contribution is -0.150. The summed E-state index contributed by atoms with van der Waals surface area (Å²) in [6, 6.07) is 5.09. The highest BCUT2D eigenvalue weighted by Gasteiger charge is 2.40. The molecule has 0 aromatic heterocycles. The molecule has 1 N–H and O–H groups in total. The number of dihydropyridines is 1. The van der Waals surface area contributed by atoms with E-state index in [1.807, 2.05) is 0 Å². The van der Waals surface area contributed by atoms with Crippen LogP contribution < -0.4 is 5.32 Å². The maximum absolute atomic E-state index is 13.1. The van der Waals surface area contributed by atoms with Gasteiger partial charge in [0, 0.05) is 11.4 Å². The van der Waals surface area contributed by atoms with Gasteiger partial charge in [-0.05, 0) is 46.2 Å². The molecular formula is C22H25Cl2NO4. The van der Waals surface area contributed by atoms with Crippen molar-refractivity contribution in [3.8, 4) is 0 Å². The van der Waals surface area contributed by atoms with Crippen LogP contribution in [-0.2, 0) is 19.1 Å². The second-order valence-corrected chi connectivity index (χ2v) is 8.45. The van der Waals surface area contributed by atoms with Crippen LogP contribution >= 0.6 is 23.2 Å². The molecule has 1 aliphatic heterocycles. The van der Waals surface area contributed by atoms with Gasteiger partial charge in [0.05, 0.1) is 27.1 Å². The molecule has 1 atom stereocenters. The Morgan fingerprint density at radius 2 is 1.72 bits per heavy atom. The van der Waals surface area contributed by atoms with Crippen molar-refractivity contribution in [3.05, 3.63) is 69.0 Å². The van der Waals surface area contributed by atoms with Gasteiger partial charge in [0.15, 0.2) is 0 Å². The van der Waals surface area contributed by atoms with Crippen molar-refractivity contribution in [2.45, 2.75) is 46.1 Å². The van der Waals surface area contributed by atoms with E-state index >= 15 is 0 Å². The van der Waals surface area contributed by atoms with Crippen LogP contribution in [0, 0.1) is 0 Å². The number of benzene rings is 1. The first-order valence-electron chi connectivity index (χ1n) is 9.11. The lowest BCUT2D eigenvalue weighted by Crippen LogP contribution is -2.35. The molecule has 1 unspecified atom stereocenters. The number of carbonyl (C=O) groups excluding carboxylic acids is 2. The SMILES string of the molecule is C=CCOC(=O)C1=C(C)NC(C)=C(C(=O)OC(C)(C)C)C1c1cccc(Cl)c1Cl. The number of esters is 2. The molecule has 0 bridgehead atoms. The summed E-state index contributed by atoms with van der Waals surface area (Å²) < 4.78 is 10.9. The van der Waals surface area contributed by atoms with Gasteiger partial charge in [-0.3, -0.25) is 0 Å². The monoisotopic (exact) mass is 437 g/mol. The van der Waals surface area contributed by atoms with Gasteiger partial charge in [-0.25, -0.2) is 9.59 Å². The van der Waals surface area contributed by atoms with E-state index < -0.39 is 23.5 Å². The number of nitrogens with one attached hydrogen (secondary N) is 1. The van der Waals surface area contributed by atoms with Crippen LogP contribution in [0.15, 0.2) is 53.4 Å². The summed E-state index contributed by atoms with van der Waals surface area (Å²) >= 11 is 12.7. The molecular weight excluding hydrogens is 413 g/mol. The second-order valence-electron chi connectivity index (χ2n) is 7.67. The first kappa shape index (κ1) is 23.0. The number of hydrogen-bond donors (Lipinski definition) is 1. The summed E-state index contributed by atoms with van der Waals surface area (Å²) in [5.74, 6) is -1.93. The van der Waals surface area contributed by atoms with Crippen LogP contribution in [0.5, 0.6) is 0 Å². The Morgan fingerprint density at radius 1 is 1.14 bits per heavy atom. The third-order valence-corrected chi connectivity index (χ3v) is 5.06. The molecule has 1 aromatic carbocycles. The first-order valence-corrected chi connectivity index (χ1v) is 9.87. The third kappa shape index (κ3) is 5.22. The maximum atomic E-state index is 13.1. The van der Waals surface area contributed by atoms with E-state index in [9.17, 15) is 9.59 Å². The Kier molecular flexibility index (Phi) is 7.20. The summed E-state index contributed by atoms with van der Waals surface area (Å²) in [6.07, 6.45) is 1.47. The third-order valence-electron chi connectivity index (χ3n) is 4.22. The van der Waals surface area contributed by atoms with Gasteiger partial charge in [0.1, 0.15) is 12.2 Å². The van der Waals surface area contributed by atoms with Crippen molar-refractivity contribution in [2.75, 3.05) is 6.61 Å². The van der Waals surface area contributed by atoms with Crippen LogP contribution in [0.25, 0.3) is 0 Å². The molecule has 0 aliphatic carbocycles. The molecule has 1 aromatic rings. The summed E-state index contributed by atoms with van der Waals surface area (Å²) in [5, 5.41) is 3.67. The van der Waals surface area contributed by atoms with Crippen molar-refractivity contribution in [3.63, 3.8) is 0 Å². The molecule has 0 saturated heterocycles. The minimum Gasteiger partial charge on any atom is -0.458 e. The average Bonchev–Trinajstić information content (AvgIpc) is 2.59. The molecule has 1 heterocycles. The number of halogens is 2. The van der Waals surface area contributed by atoms with Crippen LogP contribution in [-0.4, -0.2) is 24.1 Å². The summed E-state index contributed by atoms with van der Waals surface area (Å²) in [4.78, 5) is 26.0. The maximum Gasteiger partial charge on any atom is 0.337 e. The fourth-order valence-corrected chi connectivity index (χ4v) is 3.55. The molecule has 5 nitrogen and oxygen atoms in total. The molecule has 0 radical (unpaired) electrons. The minimum atomic E-state index is -0.797. The molecule has 0 amide bonds. The number of hydrogen-bond acceptors (Lipinski definition) is 5. The zero-order valence-electron chi connectivity index (χ0n) is 17.2. The van der Waals surface area contributed by atoms with Crippen LogP contribution in [0.4, 0.5) is 0 Å². The van der Waals surface area contributed by atoms with Gasteiger partial charge in [-0.15, -0.1) is 0 Å². The molecule has 29 heavy (non-hydrogen) atoms. The predicted molar refractivity (Wildman–Crippen MR) is 115 cm³/mol. The van der Waals surface area contributed by atoms with Crippen LogP contribution in [0.3, 0.4) is 0 Å². The molecule has 0 fully saturated rings. The molecule has 0 saturated carbocycles. The van der Waals surface area contributed by atoms with E-state index in [1.165, 1.54) is 6.08 Å². The highest BCUT2D eigenvalue weighted by molar-refractivity contribution is 6.42. The van der Waals surface area contributed by atoms with Gasteiger partial charge in [-0.1, -0.05) is 48.0 Å². The van der Waals surface area contributed by atoms with Crippen molar-refractivity contribution < 1.29 is 19.1 Å². The topological polar surface area (TPSA) is 64.6 Å². The summed E-state index contributed by atoms with van der Waals surface area (Å²) in [6.45, 7) is 12.4. The Bertz CT molecular complexity index is 910. The van der Waals surface area contributed by atoms with Gasteiger partial charge < -0.3 is 14.8 Å². The zero-order valence-corrected chi connectivity index (χ0v) is 18.7. The van der Waals surface area contributed by atoms with E-state index in [0.29, 0.717) is 22.0 Å². The van der Waals surface area contributed by atoms with Gasteiger partial charge >= 0.3 is 11.9 Å². The number of carbonyl (C=O) groups is 2. The fourth-order valence-electron chi connectivity index (χ4n) is 3.14. The molecule has 2 rings (SSSR count). The van der Waals surface area contributed by atoms with Gasteiger partial charge in [-0.2, -0.15) is 0 Å². The number of allylic oxidation sites excluding steroid dienone is 2. The molecule has 7 heteroatoms. The molecule has 156 valence electrons. The summed E-state index contributed by atoms with van der Waals surface area (Å²) in [7, 11) is 0. The first-order chi connectivity index (χ1) is 13.5. The highest BCUT2D eigenvalue weighted by Crippen LogP contribution is 2.43. The lowest BCUT2D eigenvalue weighted by Gasteiger charge is -2.32. The average molecular weight is 438 g/mol. The highest BCUT2D eigenvalue weighted by atomic mass is 35.5. The second kappa shape index (κ2) is 9.06. The van der Waals surface area contributed by atoms with Crippen molar-refractivity contribution >= 4 is 35.1 Å². The standard InChI is InChI=1S/C22H25Cl2NO4/c1-7-11-28-20(26)16-12(2)25-13(3)17(21(27)29-22(4,5)6)18(16)14-9-8-10-15(23)19(14)24/h7-10,18,25H,1,11H2,2-6H3. The van der Waals surface area contributed by atoms with E-state index in [0.717, 1.165) is 0 Å². The van der Waals surface area contributed by atoms with Crippen molar-refractivity contribution in [1.29, 1.82) is 0 Å². The van der Waals surface area contributed by atoms with Gasteiger partial charge in [0.25, 0.3) is 0 Å². The Morgan fingerprint density at radius 3 is 2.28 bits per heavy atom. The smallest absolute Gasteiger partial charge is 0.337 e. The minimum absolute atomic E-state index is 0.0378. The fraction of sp³-hybridized carbons (Fsp3) is 0.364. The lowest BCUT2D eigenvalue weighted by atomic mass is 9.80. The van der Waals surface area contributed by atoms with E-state index in [4.69, 9.17) is 32.7 Å². The molecule has 0 spiro atoms. The Balaban J connectivity index is 2.69. The van der Waals surface area contributed by atoms with E-state index in [-0.39, 0.29) is 22.8 Å². The Labute approximate surface area is 181 Å². The normalized spacial score (nSPS) is 17.0. The Hall–Kier alpha value is -2.24. The van der Waals surface area contributed by atoms with Gasteiger partial charge in [0.2, 0.25) is 0 Å². The zero-order chi connectivity index (χ0) is 21.9. The molecule has 1 aliphatic rings. The van der Waals surface area contributed by atoms with Crippen molar-refractivity contribution in [1.82, 2.24) is 5.32 Å². The van der Waals surface area contributed by atoms with E-state index in [2.05, 4.69) is 11.9 Å². The number of ether oxygens (including phenoxy) is 2. The quantitative estimate of drug-likeness (QED) is 0.499.